The van der Waals surface area contributed by atoms with Gasteiger partial charge in [-0.25, -0.2) is 4.68 Å². The van der Waals surface area contributed by atoms with Crippen LogP contribution < -0.4 is 21.1 Å². The first-order valence-corrected chi connectivity index (χ1v) is 22.3. The van der Waals surface area contributed by atoms with E-state index >= 15 is 0 Å². The van der Waals surface area contributed by atoms with Crippen LogP contribution in [0.3, 0.4) is 0 Å². The van der Waals surface area contributed by atoms with Gasteiger partial charge >= 0.3 is 0 Å². The first kappa shape index (κ1) is 47.0. The third-order valence-corrected chi connectivity index (χ3v) is 12.4. The number of fused-ring (bicyclic) bond motifs is 1. The molecule has 62 heavy (non-hydrogen) atoms. The quantitative estimate of drug-likeness (QED) is 0.0609. The van der Waals surface area contributed by atoms with E-state index in [2.05, 4.69) is 20.8 Å². The number of nitrogens with two attached hydrogens (primary N) is 1. The Labute approximate surface area is 372 Å². The molecule has 8 N–H and O–H groups in total. The molecule has 0 aliphatic heterocycles. The van der Waals surface area contributed by atoms with Crippen LogP contribution in [-0.2, 0) is 13.6 Å². The number of aliphatic hydroxyl groups excluding tert-OH is 2. The first-order valence-electron chi connectivity index (χ1n) is 21.5. The van der Waals surface area contributed by atoms with Crippen LogP contribution in [0.5, 0.6) is 5.88 Å². The summed E-state index contributed by atoms with van der Waals surface area (Å²) in [7, 11) is 1.77. The molecule has 16 heteroatoms. The Morgan fingerprint density at radius 2 is 1.44 bits per heavy atom. The van der Waals surface area contributed by atoms with Crippen molar-refractivity contribution in [3.8, 4) is 28.4 Å². The van der Waals surface area contributed by atoms with E-state index in [0.29, 0.717) is 88.4 Å². The molecule has 2 fully saturated rings. The molecule has 3 aromatic carbocycles. The largest absolute Gasteiger partial charge is 0.476 e. The molecule has 14 nitrogen and oxygen atoms in total. The maximum Gasteiger partial charge on any atom is 0.252 e. The van der Waals surface area contributed by atoms with Crippen molar-refractivity contribution >= 4 is 45.9 Å². The van der Waals surface area contributed by atoms with Crippen molar-refractivity contribution in [2.45, 2.75) is 101 Å². The van der Waals surface area contributed by atoms with Crippen LogP contribution in [-0.4, -0.2) is 102 Å². The molecule has 0 spiro atoms. The van der Waals surface area contributed by atoms with E-state index in [9.17, 15) is 30.0 Å². The van der Waals surface area contributed by atoms with E-state index in [-0.39, 0.29) is 38.1 Å². The van der Waals surface area contributed by atoms with Crippen molar-refractivity contribution in [1.29, 1.82) is 0 Å². The van der Waals surface area contributed by atoms with E-state index in [4.69, 9.17) is 33.7 Å². The van der Waals surface area contributed by atoms with Gasteiger partial charge in [-0.2, -0.15) is 10.2 Å². The minimum absolute atomic E-state index is 0.149. The van der Waals surface area contributed by atoms with Crippen LogP contribution in [0, 0.1) is 0 Å². The summed E-state index contributed by atoms with van der Waals surface area (Å²) in [5, 5.41) is 57.1. The Kier molecular flexibility index (Phi) is 16.4. The second-order valence-corrected chi connectivity index (χ2v) is 17.3. The van der Waals surface area contributed by atoms with Crippen molar-refractivity contribution in [2.75, 3.05) is 32.8 Å². The number of halogens is 2. The third kappa shape index (κ3) is 11.9. The van der Waals surface area contributed by atoms with Gasteiger partial charge < -0.3 is 41.5 Å². The Balaban J connectivity index is 0.000000209. The third-order valence-electron chi connectivity index (χ3n) is 11.7. The van der Waals surface area contributed by atoms with E-state index in [0.717, 1.165) is 62.3 Å². The number of nitrogens with zero attached hydrogens (tertiary/aromatic N) is 4. The average molecular weight is 893 g/mol. The van der Waals surface area contributed by atoms with Gasteiger partial charge in [-0.05, 0) is 49.9 Å². The lowest BCUT2D eigenvalue weighted by Crippen LogP contribution is -2.42. The molecular formula is C46H59Cl2N7O7. The van der Waals surface area contributed by atoms with Gasteiger partial charge in [0.25, 0.3) is 11.8 Å². The monoisotopic (exact) mass is 891 g/mol. The minimum atomic E-state index is -0.928. The number of aromatic nitrogens is 4. The lowest BCUT2D eigenvalue weighted by Gasteiger charge is -2.27. The Bertz CT molecular complexity index is 2280. The van der Waals surface area contributed by atoms with E-state index < -0.39 is 17.3 Å². The number of carbonyl (C=O) groups is 2. The van der Waals surface area contributed by atoms with E-state index in [1.807, 2.05) is 30.3 Å². The molecule has 1 atom stereocenters. The van der Waals surface area contributed by atoms with Crippen LogP contribution >= 0.6 is 23.2 Å². The summed E-state index contributed by atoms with van der Waals surface area (Å²) in [5.74, 6) is -0.0593. The molecular weight excluding hydrogens is 833 g/mol. The van der Waals surface area contributed by atoms with E-state index in [1.54, 1.807) is 52.8 Å². The summed E-state index contributed by atoms with van der Waals surface area (Å²) in [4.78, 5) is 25.7. The summed E-state index contributed by atoms with van der Waals surface area (Å²) >= 11 is 12.9. The Morgan fingerprint density at radius 1 is 0.823 bits per heavy atom. The summed E-state index contributed by atoms with van der Waals surface area (Å²) in [6, 6.07) is 19.8. The number of aliphatic hydroxyl groups is 4. The molecule has 2 heterocycles. The SMILES string of the molecule is Cn1nc(-c2cccc(C(=O)NCC3(O)CCCCCC3)c2Cl)cc1OCCN.O=C(NCC1(O)CCCCCC1)c1cc(-c2nn(CC(O)CO)c3ccccc23)ccc1Cl. The Morgan fingerprint density at radius 3 is 2.05 bits per heavy atom. The maximum atomic E-state index is 13.0. The number of hydrogen-bond acceptors (Lipinski definition) is 10. The molecule has 0 radical (unpaired) electrons. The van der Waals surface area contributed by atoms with Gasteiger partial charge in [0.1, 0.15) is 12.3 Å². The molecule has 0 saturated heterocycles. The summed E-state index contributed by atoms with van der Waals surface area (Å²) in [5.41, 5.74) is 7.89. The molecule has 1 unspecified atom stereocenters. The maximum absolute atomic E-state index is 13.0. The normalized spacial score (nSPS) is 16.6. The molecule has 2 aromatic heterocycles. The fourth-order valence-electron chi connectivity index (χ4n) is 8.18. The smallest absolute Gasteiger partial charge is 0.252 e. The molecule has 5 aromatic rings. The van der Waals surface area contributed by atoms with Gasteiger partial charge in [0, 0.05) is 49.3 Å². The minimum Gasteiger partial charge on any atom is -0.476 e. The highest BCUT2D eigenvalue weighted by molar-refractivity contribution is 6.36. The van der Waals surface area contributed by atoms with E-state index in [1.165, 1.54) is 0 Å². The highest BCUT2D eigenvalue weighted by Gasteiger charge is 2.30. The number of benzene rings is 3. The number of amides is 2. The van der Waals surface area contributed by atoms with Gasteiger partial charge in [-0.1, -0.05) is 111 Å². The highest BCUT2D eigenvalue weighted by atomic mass is 35.5. The van der Waals surface area contributed by atoms with Crippen molar-refractivity contribution in [1.82, 2.24) is 30.2 Å². The fraction of sp³-hybridized carbons (Fsp3) is 0.478. The fourth-order valence-corrected chi connectivity index (χ4v) is 8.69. The lowest BCUT2D eigenvalue weighted by molar-refractivity contribution is 0.0245. The molecule has 2 aliphatic carbocycles. The number of nitrogens with one attached hydrogen (secondary N) is 2. The van der Waals surface area contributed by atoms with Crippen LogP contribution in [0.1, 0.15) is 97.8 Å². The lowest BCUT2D eigenvalue weighted by atomic mass is 9.94. The first-order chi connectivity index (χ1) is 29.8. The second-order valence-electron chi connectivity index (χ2n) is 16.5. The number of aryl methyl sites for hydroxylation is 1. The van der Waals surface area contributed by atoms with Crippen LogP contribution in [0.15, 0.2) is 66.7 Å². The zero-order valence-electron chi connectivity index (χ0n) is 35.3. The van der Waals surface area contributed by atoms with Crippen molar-refractivity contribution in [2.24, 2.45) is 12.8 Å². The zero-order chi connectivity index (χ0) is 44.3. The number of para-hydroxylation sites is 1. The molecule has 334 valence electrons. The number of carbonyl (C=O) groups excluding carboxylic acids is 2. The van der Waals surface area contributed by atoms with Crippen molar-refractivity contribution < 1.29 is 34.8 Å². The van der Waals surface area contributed by atoms with Gasteiger partial charge in [0.05, 0.1) is 62.8 Å². The summed E-state index contributed by atoms with van der Waals surface area (Å²) in [6.45, 7) is 1.01. The van der Waals surface area contributed by atoms with Gasteiger partial charge in [-0.15, -0.1) is 0 Å². The highest BCUT2D eigenvalue weighted by Crippen LogP contribution is 2.34. The molecule has 2 aliphatic rings. The van der Waals surface area contributed by atoms with Gasteiger partial charge in [-0.3, -0.25) is 14.3 Å². The van der Waals surface area contributed by atoms with Gasteiger partial charge in [0.2, 0.25) is 5.88 Å². The summed E-state index contributed by atoms with van der Waals surface area (Å²) < 4.78 is 8.82. The molecule has 2 saturated carbocycles. The van der Waals surface area contributed by atoms with Crippen LogP contribution in [0.2, 0.25) is 10.0 Å². The standard InChI is InChI=1S/C25H30ClN3O4.C21H29ClN4O3/c26-21-10-9-17(13-20(21)24(32)27-16-25(33)11-5-1-2-6-12-25)23-19-7-3-4-8-22(19)29(28-23)14-18(31)15-30;1-26-18(29-12-11-23)13-17(25-26)15-7-6-8-16(19(15)22)20(27)24-14-21(28)9-4-2-3-5-10-21/h3-4,7-10,13,18,30-31,33H,1-2,5-6,11-12,14-16H2,(H,27,32);6-8,13,28H,2-5,9-12,14,23H2,1H3,(H,24,27). The van der Waals surface area contributed by atoms with Crippen molar-refractivity contribution in [3.63, 3.8) is 0 Å². The number of hydrogen-bond donors (Lipinski definition) is 7. The molecule has 2 amide bonds. The number of ether oxygens (including phenoxy) is 1. The molecule has 7 rings (SSSR count). The zero-order valence-corrected chi connectivity index (χ0v) is 36.8. The summed E-state index contributed by atoms with van der Waals surface area (Å²) in [6.07, 6.45) is 10.2. The van der Waals surface area contributed by atoms with Crippen LogP contribution in [0.4, 0.5) is 0 Å². The average Bonchev–Trinajstić information content (AvgIpc) is 3.62. The van der Waals surface area contributed by atoms with Crippen LogP contribution in [0.25, 0.3) is 33.4 Å². The number of rotatable bonds is 14. The predicted molar refractivity (Wildman–Crippen MR) is 241 cm³/mol. The molecule has 0 bridgehead atoms. The topological polar surface area (TPSA) is 210 Å². The Hall–Kier alpha value is -4.54. The van der Waals surface area contributed by atoms with Gasteiger partial charge in [0.15, 0.2) is 0 Å². The predicted octanol–water partition coefficient (Wildman–Crippen LogP) is 6.42. The van der Waals surface area contributed by atoms with Crippen molar-refractivity contribution in [3.05, 3.63) is 87.9 Å². The second kappa shape index (κ2) is 21.7.